The molecule has 10 heteroatoms. The van der Waals surface area contributed by atoms with Gasteiger partial charge in [-0.15, -0.1) is 0 Å². The van der Waals surface area contributed by atoms with Crippen LogP contribution in [0.25, 0.3) is 5.69 Å². The van der Waals surface area contributed by atoms with Gasteiger partial charge in [0.15, 0.2) is 17.5 Å². The van der Waals surface area contributed by atoms with E-state index in [0.717, 1.165) is 0 Å². The fraction of sp³-hybridized carbons (Fsp3) is 0.273. The maximum absolute atomic E-state index is 13.3. The van der Waals surface area contributed by atoms with Gasteiger partial charge < -0.3 is 14.5 Å². The van der Waals surface area contributed by atoms with Crippen molar-refractivity contribution < 1.29 is 28.2 Å². The molecule has 0 aliphatic carbocycles. The van der Waals surface area contributed by atoms with Gasteiger partial charge in [-0.1, -0.05) is 11.8 Å². The number of halogens is 1. The van der Waals surface area contributed by atoms with Gasteiger partial charge in [-0.2, -0.15) is 0 Å². The molecule has 32 heavy (non-hydrogen) atoms. The molecule has 0 amide bonds. The number of carbonyl (C=O) groups excluding carboxylic acids is 3. The zero-order chi connectivity index (χ0) is 23.4. The second-order valence-corrected chi connectivity index (χ2v) is 7.56. The minimum Gasteiger partial charge on any atom is -0.461 e. The number of H-pyrrole nitrogens is 1. The molecule has 0 saturated heterocycles. The maximum Gasteiger partial charge on any atom is 0.357 e. The second kappa shape index (κ2) is 9.82. The normalized spacial score (nSPS) is 10.8. The van der Waals surface area contributed by atoms with E-state index in [2.05, 4.69) is 9.97 Å². The number of aryl methyl sites for hydroxylation is 1. The molecule has 0 bridgehead atoms. The molecule has 168 valence electrons. The highest BCUT2D eigenvalue weighted by molar-refractivity contribution is 7.98. The van der Waals surface area contributed by atoms with E-state index in [9.17, 15) is 18.8 Å². The van der Waals surface area contributed by atoms with E-state index in [-0.39, 0.29) is 23.6 Å². The van der Waals surface area contributed by atoms with Crippen molar-refractivity contribution in [1.82, 2.24) is 14.5 Å². The van der Waals surface area contributed by atoms with Crippen LogP contribution >= 0.6 is 11.8 Å². The first kappa shape index (κ1) is 23.3. The lowest BCUT2D eigenvalue weighted by Gasteiger charge is -2.11. The number of hydrogen-bond donors (Lipinski definition) is 1. The van der Waals surface area contributed by atoms with E-state index in [1.54, 1.807) is 27.0 Å². The smallest absolute Gasteiger partial charge is 0.357 e. The molecule has 0 unspecified atom stereocenters. The second-order valence-electron chi connectivity index (χ2n) is 6.79. The van der Waals surface area contributed by atoms with Crippen LogP contribution < -0.4 is 0 Å². The molecule has 8 nitrogen and oxygen atoms in total. The average Bonchev–Trinajstić information content (AvgIpc) is 3.33. The summed E-state index contributed by atoms with van der Waals surface area (Å²) in [4.78, 5) is 44.6. The van der Waals surface area contributed by atoms with E-state index in [1.165, 1.54) is 46.8 Å². The van der Waals surface area contributed by atoms with E-state index in [1.807, 2.05) is 0 Å². The molecule has 0 aliphatic heterocycles. The van der Waals surface area contributed by atoms with Crippen molar-refractivity contribution in [3.8, 4) is 5.69 Å². The largest absolute Gasteiger partial charge is 0.461 e. The number of rotatable bonds is 8. The number of ketones is 1. The third kappa shape index (κ3) is 4.59. The van der Waals surface area contributed by atoms with E-state index >= 15 is 0 Å². The SMILES string of the molecule is CCOC(=O)c1[nH]c(C)c(C(=O)COC(=O)c2cnc(SC)n2-c2ccc(F)cc2)c1C. The molecule has 0 radical (unpaired) electrons. The average molecular weight is 459 g/mol. The molecule has 3 aromatic rings. The number of aromatic nitrogens is 3. The topological polar surface area (TPSA) is 103 Å². The Kier molecular flexibility index (Phi) is 7.14. The van der Waals surface area contributed by atoms with Crippen LogP contribution in [0.4, 0.5) is 4.39 Å². The first-order chi connectivity index (χ1) is 15.3. The Balaban J connectivity index is 1.80. The fourth-order valence-corrected chi connectivity index (χ4v) is 3.86. The van der Waals surface area contributed by atoms with Gasteiger partial charge in [-0.05, 0) is 56.9 Å². The Morgan fingerprint density at radius 1 is 1.12 bits per heavy atom. The predicted octanol–water partition coefficient (Wildman–Crippen LogP) is 3.89. The van der Waals surface area contributed by atoms with E-state index in [4.69, 9.17) is 9.47 Å². The number of aromatic amines is 1. The summed E-state index contributed by atoms with van der Waals surface area (Å²) in [6.07, 6.45) is 3.13. The van der Waals surface area contributed by atoms with Crippen molar-refractivity contribution in [1.29, 1.82) is 0 Å². The number of ether oxygens (including phenoxy) is 2. The number of benzene rings is 1. The highest BCUT2D eigenvalue weighted by Crippen LogP contribution is 2.23. The maximum atomic E-state index is 13.3. The molecule has 0 aliphatic rings. The molecule has 2 aromatic heterocycles. The highest BCUT2D eigenvalue weighted by Gasteiger charge is 2.25. The van der Waals surface area contributed by atoms with Crippen molar-refractivity contribution in [3.05, 3.63) is 64.5 Å². The number of imidazole rings is 1. The Hall–Kier alpha value is -3.40. The number of carbonyl (C=O) groups is 3. The van der Waals surface area contributed by atoms with Gasteiger partial charge in [0.25, 0.3) is 0 Å². The van der Waals surface area contributed by atoms with Gasteiger partial charge in [0.2, 0.25) is 5.78 Å². The first-order valence-corrected chi connectivity index (χ1v) is 10.9. The molecule has 1 N–H and O–H groups in total. The minimum atomic E-state index is -0.757. The number of Topliss-reactive ketones (excluding diaryl/α,β-unsaturated/α-hetero) is 1. The van der Waals surface area contributed by atoms with E-state index in [0.29, 0.717) is 22.1 Å². The molecule has 2 heterocycles. The van der Waals surface area contributed by atoms with Gasteiger partial charge >= 0.3 is 11.9 Å². The van der Waals surface area contributed by atoms with Crippen molar-refractivity contribution in [2.24, 2.45) is 0 Å². The summed E-state index contributed by atoms with van der Waals surface area (Å²) in [5, 5.41) is 0.506. The summed E-state index contributed by atoms with van der Waals surface area (Å²) in [5.74, 6) is -2.18. The third-order valence-electron chi connectivity index (χ3n) is 4.74. The van der Waals surface area contributed by atoms with Crippen LogP contribution in [0.2, 0.25) is 0 Å². The van der Waals surface area contributed by atoms with Crippen LogP contribution in [0.1, 0.15) is 49.5 Å². The summed E-state index contributed by atoms with van der Waals surface area (Å²) in [6.45, 7) is 4.65. The predicted molar refractivity (Wildman–Crippen MR) is 116 cm³/mol. The van der Waals surface area contributed by atoms with Gasteiger partial charge in [-0.25, -0.2) is 19.0 Å². The van der Waals surface area contributed by atoms with Crippen molar-refractivity contribution in [2.45, 2.75) is 25.9 Å². The zero-order valence-corrected chi connectivity index (χ0v) is 18.8. The highest BCUT2D eigenvalue weighted by atomic mass is 32.2. The molecule has 1 aromatic carbocycles. The van der Waals surface area contributed by atoms with Crippen molar-refractivity contribution in [3.63, 3.8) is 0 Å². The lowest BCUT2D eigenvalue weighted by atomic mass is 10.1. The first-order valence-electron chi connectivity index (χ1n) is 9.72. The summed E-state index contributed by atoms with van der Waals surface area (Å²) < 4.78 is 25.1. The van der Waals surface area contributed by atoms with Crippen LogP contribution in [0.3, 0.4) is 0 Å². The van der Waals surface area contributed by atoms with Crippen molar-refractivity contribution >= 4 is 29.5 Å². The number of thioether (sulfide) groups is 1. The third-order valence-corrected chi connectivity index (χ3v) is 5.39. The van der Waals surface area contributed by atoms with Crippen LogP contribution in [0.5, 0.6) is 0 Å². The molecule has 0 fully saturated rings. The molecule has 0 spiro atoms. The molecule has 0 atom stereocenters. The molecule has 0 saturated carbocycles. The number of nitrogens with zero attached hydrogens (tertiary/aromatic N) is 2. The summed E-state index contributed by atoms with van der Waals surface area (Å²) in [5.41, 5.74) is 2.01. The van der Waals surface area contributed by atoms with Crippen LogP contribution in [-0.4, -0.2) is 51.7 Å². The van der Waals surface area contributed by atoms with Crippen molar-refractivity contribution in [2.75, 3.05) is 19.5 Å². The van der Waals surface area contributed by atoms with Gasteiger partial charge in [0, 0.05) is 16.9 Å². The van der Waals surface area contributed by atoms with Gasteiger partial charge in [0.05, 0.1) is 12.8 Å². The Morgan fingerprint density at radius 3 is 2.44 bits per heavy atom. The minimum absolute atomic E-state index is 0.100. The summed E-state index contributed by atoms with van der Waals surface area (Å²) in [6, 6.07) is 5.58. The van der Waals surface area contributed by atoms with Gasteiger partial charge in [-0.3, -0.25) is 9.36 Å². The molecular weight excluding hydrogens is 437 g/mol. The standard InChI is InChI=1S/C22H22FN3O5S/c1-5-30-21(29)19-12(2)18(13(3)25-19)17(27)11-31-20(28)16-10-24-22(32-4)26(16)15-8-6-14(23)7-9-15/h6-10,25H,5,11H2,1-4H3. The summed E-state index contributed by atoms with van der Waals surface area (Å²) in [7, 11) is 0. The van der Waals surface area contributed by atoms with E-state index < -0.39 is 30.1 Å². The number of nitrogens with one attached hydrogen (secondary N) is 1. The summed E-state index contributed by atoms with van der Waals surface area (Å²) >= 11 is 1.30. The Bertz CT molecular complexity index is 1170. The quantitative estimate of drug-likeness (QED) is 0.310. The van der Waals surface area contributed by atoms with Crippen LogP contribution in [0, 0.1) is 19.7 Å². The lowest BCUT2D eigenvalue weighted by Crippen LogP contribution is -2.18. The number of hydrogen-bond acceptors (Lipinski definition) is 7. The molecule has 3 rings (SSSR count). The van der Waals surface area contributed by atoms with Crippen LogP contribution in [0.15, 0.2) is 35.6 Å². The Morgan fingerprint density at radius 2 is 1.81 bits per heavy atom. The monoisotopic (exact) mass is 459 g/mol. The van der Waals surface area contributed by atoms with Gasteiger partial charge in [0.1, 0.15) is 11.5 Å². The molecular formula is C22H22FN3O5S. The number of esters is 2. The fourth-order valence-electron chi connectivity index (χ4n) is 3.32. The zero-order valence-electron chi connectivity index (χ0n) is 18.0. The lowest BCUT2D eigenvalue weighted by molar-refractivity contribution is 0.0464. The Labute approximate surface area is 188 Å². The van der Waals surface area contributed by atoms with Crippen LogP contribution in [-0.2, 0) is 9.47 Å².